The van der Waals surface area contributed by atoms with E-state index in [2.05, 4.69) is 5.32 Å². The molecular formula is C15H21NO2. The van der Waals surface area contributed by atoms with Gasteiger partial charge in [-0.05, 0) is 24.8 Å². The van der Waals surface area contributed by atoms with E-state index in [0.29, 0.717) is 12.5 Å². The number of hydrogen-bond acceptors (Lipinski definition) is 2. The van der Waals surface area contributed by atoms with Crippen molar-refractivity contribution in [3.8, 4) is 0 Å². The van der Waals surface area contributed by atoms with E-state index in [1.165, 1.54) is 19.3 Å². The molecule has 0 saturated heterocycles. The van der Waals surface area contributed by atoms with Crippen LogP contribution in [0.2, 0.25) is 0 Å². The lowest BCUT2D eigenvalue weighted by molar-refractivity contribution is -0.139. The zero-order chi connectivity index (χ0) is 12.8. The molecule has 2 rings (SSSR count). The second-order valence-electron chi connectivity index (χ2n) is 5.08. The van der Waals surface area contributed by atoms with E-state index >= 15 is 0 Å². The zero-order valence-electron chi connectivity index (χ0n) is 10.6. The first-order chi connectivity index (χ1) is 8.75. The molecule has 2 N–H and O–H groups in total. The number of carboxylic acid groups (broad SMARTS) is 1. The smallest absolute Gasteiger partial charge is 0.321 e. The van der Waals surface area contributed by atoms with Crippen LogP contribution in [0.25, 0.3) is 0 Å². The molecule has 1 aromatic rings. The second-order valence-corrected chi connectivity index (χ2v) is 5.08. The van der Waals surface area contributed by atoms with Gasteiger partial charge in [0.25, 0.3) is 0 Å². The Morgan fingerprint density at radius 3 is 2.50 bits per heavy atom. The summed E-state index contributed by atoms with van der Waals surface area (Å²) in [6, 6.07) is 9.74. The highest BCUT2D eigenvalue weighted by Crippen LogP contribution is 2.18. The molecule has 1 aliphatic carbocycles. The Hall–Kier alpha value is -1.35. The lowest BCUT2D eigenvalue weighted by Gasteiger charge is -2.26. The highest BCUT2D eigenvalue weighted by molar-refractivity contribution is 5.74. The van der Waals surface area contributed by atoms with E-state index in [1.807, 2.05) is 30.3 Å². The Labute approximate surface area is 108 Å². The maximum Gasteiger partial charge on any atom is 0.321 e. The van der Waals surface area contributed by atoms with Crippen molar-refractivity contribution in [2.45, 2.75) is 50.6 Å². The maximum absolute atomic E-state index is 11.3. The average molecular weight is 247 g/mol. The predicted molar refractivity (Wildman–Crippen MR) is 71.6 cm³/mol. The zero-order valence-corrected chi connectivity index (χ0v) is 10.6. The molecule has 0 heterocycles. The van der Waals surface area contributed by atoms with Crippen LogP contribution in [0.15, 0.2) is 30.3 Å². The van der Waals surface area contributed by atoms with Gasteiger partial charge in [0, 0.05) is 6.04 Å². The molecule has 98 valence electrons. The molecule has 0 aliphatic heterocycles. The van der Waals surface area contributed by atoms with Crippen LogP contribution in [0.1, 0.15) is 37.7 Å². The van der Waals surface area contributed by atoms with E-state index in [4.69, 9.17) is 0 Å². The van der Waals surface area contributed by atoms with Crippen LogP contribution in [0.4, 0.5) is 0 Å². The first-order valence-corrected chi connectivity index (χ1v) is 6.78. The summed E-state index contributed by atoms with van der Waals surface area (Å²) in [5.74, 6) is -0.746. The number of nitrogens with one attached hydrogen (secondary N) is 1. The van der Waals surface area contributed by atoms with Crippen LogP contribution in [-0.2, 0) is 11.2 Å². The van der Waals surface area contributed by atoms with Crippen LogP contribution in [-0.4, -0.2) is 23.2 Å². The highest BCUT2D eigenvalue weighted by Gasteiger charge is 2.22. The first kappa shape index (κ1) is 13.1. The standard InChI is InChI=1S/C15H21NO2/c17-15(18)14(11-12-7-3-1-4-8-12)16-13-9-5-2-6-10-13/h1,3-4,7-8,13-14,16H,2,5-6,9-11H2,(H,17,18). The topological polar surface area (TPSA) is 49.3 Å². The van der Waals surface area contributed by atoms with E-state index in [-0.39, 0.29) is 0 Å². The minimum absolute atomic E-state index is 0.378. The van der Waals surface area contributed by atoms with Gasteiger partial charge in [0.1, 0.15) is 6.04 Å². The van der Waals surface area contributed by atoms with Gasteiger partial charge in [-0.25, -0.2) is 0 Å². The third kappa shape index (κ3) is 3.84. The third-order valence-corrected chi connectivity index (χ3v) is 3.62. The molecule has 1 fully saturated rings. The summed E-state index contributed by atoms with van der Waals surface area (Å²) in [6.07, 6.45) is 6.50. The summed E-state index contributed by atoms with van der Waals surface area (Å²) in [7, 11) is 0. The van der Waals surface area contributed by atoms with E-state index in [9.17, 15) is 9.90 Å². The van der Waals surface area contributed by atoms with Crippen LogP contribution in [0, 0.1) is 0 Å². The van der Waals surface area contributed by atoms with Crippen LogP contribution >= 0.6 is 0 Å². The maximum atomic E-state index is 11.3. The molecule has 0 amide bonds. The molecule has 0 radical (unpaired) electrons. The number of carbonyl (C=O) groups is 1. The molecule has 3 nitrogen and oxygen atoms in total. The van der Waals surface area contributed by atoms with Gasteiger partial charge in [-0.3, -0.25) is 4.79 Å². The lowest BCUT2D eigenvalue weighted by Crippen LogP contribution is -2.45. The fourth-order valence-corrected chi connectivity index (χ4v) is 2.62. The van der Waals surface area contributed by atoms with Crippen molar-refractivity contribution in [2.75, 3.05) is 0 Å². The quantitative estimate of drug-likeness (QED) is 0.841. The molecule has 1 aromatic carbocycles. The Bertz CT molecular complexity index is 371. The van der Waals surface area contributed by atoms with Crippen molar-refractivity contribution >= 4 is 5.97 Å². The number of rotatable bonds is 5. The molecule has 1 atom stereocenters. The minimum Gasteiger partial charge on any atom is -0.480 e. The lowest BCUT2D eigenvalue weighted by atomic mass is 9.94. The SMILES string of the molecule is O=C(O)C(Cc1ccccc1)NC1CCCCC1. The van der Waals surface area contributed by atoms with Crippen LogP contribution < -0.4 is 5.32 Å². The van der Waals surface area contributed by atoms with E-state index in [1.54, 1.807) is 0 Å². The molecular weight excluding hydrogens is 226 g/mol. The number of carboxylic acids is 1. The Morgan fingerprint density at radius 1 is 1.22 bits per heavy atom. The fourth-order valence-electron chi connectivity index (χ4n) is 2.62. The van der Waals surface area contributed by atoms with Gasteiger partial charge < -0.3 is 10.4 Å². The first-order valence-electron chi connectivity index (χ1n) is 6.78. The Balaban J connectivity index is 1.93. The van der Waals surface area contributed by atoms with Crippen molar-refractivity contribution in [3.05, 3.63) is 35.9 Å². The normalized spacial score (nSPS) is 18.4. The fraction of sp³-hybridized carbons (Fsp3) is 0.533. The van der Waals surface area contributed by atoms with Gasteiger partial charge in [0.2, 0.25) is 0 Å². The van der Waals surface area contributed by atoms with Gasteiger partial charge in [-0.15, -0.1) is 0 Å². The van der Waals surface area contributed by atoms with Crippen molar-refractivity contribution in [2.24, 2.45) is 0 Å². The number of hydrogen-bond donors (Lipinski definition) is 2. The van der Waals surface area contributed by atoms with Crippen molar-refractivity contribution in [1.82, 2.24) is 5.32 Å². The minimum atomic E-state index is -0.746. The highest BCUT2D eigenvalue weighted by atomic mass is 16.4. The summed E-state index contributed by atoms with van der Waals surface area (Å²) < 4.78 is 0. The second kappa shape index (κ2) is 6.55. The molecule has 3 heteroatoms. The number of aliphatic carboxylic acids is 1. The molecule has 0 spiro atoms. The largest absolute Gasteiger partial charge is 0.480 e. The molecule has 18 heavy (non-hydrogen) atoms. The van der Waals surface area contributed by atoms with Gasteiger partial charge in [-0.2, -0.15) is 0 Å². The van der Waals surface area contributed by atoms with Crippen LogP contribution in [0.5, 0.6) is 0 Å². The van der Waals surface area contributed by atoms with Crippen molar-refractivity contribution in [1.29, 1.82) is 0 Å². The molecule has 0 aromatic heterocycles. The van der Waals surface area contributed by atoms with Crippen LogP contribution in [0.3, 0.4) is 0 Å². The van der Waals surface area contributed by atoms with Gasteiger partial charge in [0.15, 0.2) is 0 Å². The summed E-state index contributed by atoms with van der Waals surface area (Å²) in [5, 5.41) is 12.6. The van der Waals surface area contributed by atoms with E-state index < -0.39 is 12.0 Å². The summed E-state index contributed by atoms with van der Waals surface area (Å²) in [4.78, 5) is 11.3. The molecule has 1 unspecified atom stereocenters. The summed E-state index contributed by atoms with van der Waals surface area (Å²) in [5.41, 5.74) is 1.08. The summed E-state index contributed by atoms with van der Waals surface area (Å²) >= 11 is 0. The summed E-state index contributed by atoms with van der Waals surface area (Å²) in [6.45, 7) is 0. The third-order valence-electron chi connectivity index (χ3n) is 3.62. The monoisotopic (exact) mass is 247 g/mol. The van der Waals surface area contributed by atoms with Gasteiger partial charge in [-0.1, -0.05) is 49.6 Å². The number of benzene rings is 1. The van der Waals surface area contributed by atoms with E-state index in [0.717, 1.165) is 18.4 Å². The molecule has 1 aliphatic rings. The van der Waals surface area contributed by atoms with Gasteiger partial charge in [0.05, 0.1) is 0 Å². The van der Waals surface area contributed by atoms with Crippen molar-refractivity contribution < 1.29 is 9.90 Å². The van der Waals surface area contributed by atoms with Gasteiger partial charge >= 0.3 is 5.97 Å². The molecule has 0 bridgehead atoms. The Kier molecular flexibility index (Phi) is 4.76. The average Bonchev–Trinajstić information content (AvgIpc) is 2.40. The Morgan fingerprint density at radius 2 is 1.89 bits per heavy atom. The predicted octanol–water partition coefficient (Wildman–Crippen LogP) is 2.60. The molecule has 1 saturated carbocycles. The van der Waals surface area contributed by atoms with Crippen molar-refractivity contribution in [3.63, 3.8) is 0 Å².